The molecule has 0 aliphatic heterocycles. The van der Waals surface area contributed by atoms with Gasteiger partial charge in [-0.2, -0.15) is 5.10 Å². The van der Waals surface area contributed by atoms with Crippen LogP contribution < -0.4 is 15.5 Å². The summed E-state index contributed by atoms with van der Waals surface area (Å²) in [5.41, 5.74) is 5.04. The highest BCUT2D eigenvalue weighted by molar-refractivity contribution is 9.10. The SMILES string of the molecule is O=C(CCCC(=O)Nc1cccc(Br)c1)N/N=C\c1ccc(OCc2ccc(Cl)cc2)cc1. The monoisotopic (exact) mass is 527 g/mol. The van der Waals surface area contributed by atoms with Gasteiger partial charge in [-0.3, -0.25) is 9.59 Å². The van der Waals surface area contributed by atoms with Crippen LogP contribution in [0.25, 0.3) is 0 Å². The van der Waals surface area contributed by atoms with Crippen LogP contribution in [0.5, 0.6) is 5.75 Å². The Kier molecular flexibility index (Phi) is 9.47. The lowest BCUT2D eigenvalue weighted by Gasteiger charge is -2.06. The van der Waals surface area contributed by atoms with Crippen molar-refractivity contribution in [1.29, 1.82) is 0 Å². The Morgan fingerprint density at radius 3 is 2.42 bits per heavy atom. The molecule has 3 aromatic rings. The number of nitrogens with one attached hydrogen (secondary N) is 2. The number of carbonyl (C=O) groups is 2. The Labute approximate surface area is 206 Å². The number of carbonyl (C=O) groups excluding carboxylic acids is 2. The van der Waals surface area contributed by atoms with Gasteiger partial charge in [0.15, 0.2) is 0 Å². The first-order valence-corrected chi connectivity index (χ1v) is 11.5. The maximum absolute atomic E-state index is 12.0. The van der Waals surface area contributed by atoms with Gasteiger partial charge in [-0.15, -0.1) is 0 Å². The molecule has 3 rings (SSSR count). The second-order valence-electron chi connectivity index (χ2n) is 7.19. The van der Waals surface area contributed by atoms with Crippen LogP contribution in [0.3, 0.4) is 0 Å². The number of ether oxygens (including phenoxy) is 1. The number of hydrogen-bond donors (Lipinski definition) is 2. The van der Waals surface area contributed by atoms with Crippen LogP contribution in [0.1, 0.15) is 30.4 Å². The van der Waals surface area contributed by atoms with Crippen molar-refractivity contribution in [1.82, 2.24) is 5.43 Å². The van der Waals surface area contributed by atoms with Crippen LogP contribution in [-0.4, -0.2) is 18.0 Å². The maximum atomic E-state index is 12.0. The third kappa shape index (κ3) is 9.08. The van der Waals surface area contributed by atoms with E-state index in [0.29, 0.717) is 23.7 Å². The molecule has 0 spiro atoms. The summed E-state index contributed by atoms with van der Waals surface area (Å²) in [7, 11) is 0. The quantitative estimate of drug-likeness (QED) is 0.252. The van der Waals surface area contributed by atoms with Crippen LogP contribution in [0.4, 0.5) is 5.69 Å². The molecule has 0 fully saturated rings. The highest BCUT2D eigenvalue weighted by atomic mass is 79.9. The molecular formula is C25H23BrClN3O3. The smallest absolute Gasteiger partial charge is 0.240 e. The van der Waals surface area contributed by atoms with E-state index in [4.69, 9.17) is 16.3 Å². The first-order chi connectivity index (χ1) is 16.0. The zero-order valence-corrected chi connectivity index (χ0v) is 20.1. The molecule has 0 radical (unpaired) electrons. The van der Waals surface area contributed by atoms with Gasteiger partial charge in [0.25, 0.3) is 0 Å². The number of hydrogen-bond acceptors (Lipinski definition) is 4. The normalized spacial score (nSPS) is 10.7. The summed E-state index contributed by atoms with van der Waals surface area (Å²) >= 11 is 9.24. The molecule has 170 valence electrons. The molecule has 2 N–H and O–H groups in total. The summed E-state index contributed by atoms with van der Waals surface area (Å²) in [6, 6.07) is 22.2. The zero-order chi connectivity index (χ0) is 23.5. The molecule has 2 amide bonds. The van der Waals surface area contributed by atoms with E-state index < -0.39 is 0 Å². The molecule has 3 aromatic carbocycles. The van der Waals surface area contributed by atoms with Gasteiger partial charge in [0.2, 0.25) is 11.8 Å². The average Bonchev–Trinajstić information content (AvgIpc) is 2.79. The van der Waals surface area contributed by atoms with E-state index in [1.807, 2.05) is 72.8 Å². The third-order valence-electron chi connectivity index (χ3n) is 4.52. The lowest BCUT2D eigenvalue weighted by molar-refractivity contribution is -0.121. The van der Waals surface area contributed by atoms with Crippen LogP contribution >= 0.6 is 27.5 Å². The second kappa shape index (κ2) is 12.8. The van der Waals surface area contributed by atoms with Crippen LogP contribution in [0, 0.1) is 0 Å². The van der Waals surface area contributed by atoms with Gasteiger partial charge in [-0.05, 0) is 72.1 Å². The molecule has 0 aliphatic carbocycles. The van der Waals surface area contributed by atoms with Crippen molar-refractivity contribution in [3.63, 3.8) is 0 Å². The number of halogens is 2. The fraction of sp³-hybridized carbons (Fsp3) is 0.160. The number of anilines is 1. The fourth-order valence-electron chi connectivity index (χ4n) is 2.83. The molecular weight excluding hydrogens is 506 g/mol. The minimum Gasteiger partial charge on any atom is -0.489 e. The van der Waals surface area contributed by atoms with Gasteiger partial charge in [-0.1, -0.05) is 45.7 Å². The summed E-state index contributed by atoms with van der Waals surface area (Å²) < 4.78 is 6.63. The summed E-state index contributed by atoms with van der Waals surface area (Å²) in [6.07, 6.45) is 2.45. The summed E-state index contributed by atoms with van der Waals surface area (Å²) in [6.45, 7) is 0.446. The predicted octanol–water partition coefficient (Wildman–Crippen LogP) is 5.94. The first kappa shape index (κ1) is 24.5. The van der Waals surface area contributed by atoms with Gasteiger partial charge >= 0.3 is 0 Å². The average molecular weight is 529 g/mol. The number of nitrogens with zero attached hydrogens (tertiary/aromatic N) is 1. The lowest BCUT2D eigenvalue weighted by atomic mass is 10.2. The van der Waals surface area contributed by atoms with E-state index in [2.05, 4.69) is 31.8 Å². The molecule has 0 unspecified atom stereocenters. The number of amides is 2. The Morgan fingerprint density at radius 1 is 0.970 bits per heavy atom. The Balaban J connectivity index is 1.34. The van der Waals surface area contributed by atoms with Gasteiger partial charge in [0, 0.05) is 28.0 Å². The van der Waals surface area contributed by atoms with Crippen molar-refractivity contribution in [3.05, 3.63) is 93.4 Å². The van der Waals surface area contributed by atoms with Crippen LogP contribution in [0.15, 0.2) is 82.4 Å². The minimum absolute atomic E-state index is 0.136. The molecule has 0 bridgehead atoms. The summed E-state index contributed by atoms with van der Waals surface area (Å²) in [5.74, 6) is 0.347. The highest BCUT2D eigenvalue weighted by Crippen LogP contribution is 2.17. The number of hydrazone groups is 1. The predicted molar refractivity (Wildman–Crippen MR) is 135 cm³/mol. The van der Waals surface area contributed by atoms with Crippen molar-refractivity contribution in [2.24, 2.45) is 5.10 Å². The molecule has 33 heavy (non-hydrogen) atoms. The van der Waals surface area contributed by atoms with E-state index in [1.165, 1.54) is 0 Å². The Morgan fingerprint density at radius 2 is 1.70 bits per heavy atom. The van der Waals surface area contributed by atoms with E-state index in [0.717, 1.165) is 21.3 Å². The van der Waals surface area contributed by atoms with Gasteiger partial charge in [-0.25, -0.2) is 5.43 Å². The van der Waals surface area contributed by atoms with Crippen molar-refractivity contribution in [2.45, 2.75) is 25.9 Å². The molecule has 0 saturated carbocycles. The molecule has 0 aromatic heterocycles. The van der Waals surface area contributed by atoms with Crippen LogP contribution in [-0.2, 0) is 16.2 Å². The largest absolute Gasteiger partial charge is 0.489 e. The lowest BCUT2D eigenvalue weighted by Crippen LogP contribution is -2.18. The third-order valence-corrected chi connectivity index (χ3v) is 5.26. The Bertz CT molecular complexity index is 1100. The van der Waals surface area contributed by atoms with E-state index in [-0.39, 0.29) is 24.7 Å². The van der Waals surface area contributed by atoms with Gasteiger partial charge < -0.3 is 10.1 Å². The van der Waals surface area contributed by atoms with Crippen molar-refractivity contribution >= 4 is 51.2 Å². The second-order valence-corrected chi connectivity index (χ2v) is 8.54. The maximum Gasteiger partial charge on any atom is 0.240 e. The van der Waals surface area contributed by atoms with Crippen LogP contribution in [0.2, 0.25) is 5.02 Å². The zero-order valence-electron chi connectivity index (χ0n) is 17.8. The highest BCUT2D eigenvalue weighted by Gasteiger charge is 2.05. The first-order valence-electron chi connectivity index (χ1n) is 10.3. The summed E-state index contributed by atoms with van der Waals surface area (Å²) in [5, 5.41) is 7.46. The van der Waals surface area contributed by atoms with Gasteiger partial charge in [0.1, 0.15) is 12.4 Å². The molecule has 0 saturated heterocycles. The van der Waals surface area contributed by atoms with Crippen molar-refractivity contribution < 1.29 is 14.3 Å². The molecule has 0 aliphatic rings. The van der Waals surface area contributed by atoms with E-state index in [9.17, 15) is 9.59 Å². The van der Waals surface area contributed by atoms with Crippen molar-refractivity contribution in [3.8, 4) is 5.75 Å². The number of rotatable bonds is 10. The summed E-state index contributed by atoms with van der Waals surface area (Å²) in [4.78, 5) is 23.9. The number of benzene rings is 3. The minimum atomic E-state index is -0.246. The molecule has 0 atom stereocenters. The Hall–Kier alpha value is -3.16. The topological polar surface area (TPSA) is 79.8 Å². The van der Waals surface area contributed by atoms with E-state index in [1.54, 1.807) is 6.21 Å². The molecule has 0 heterocycles. The fourth-order valence-corrected chi connectivity index (χ4v) is 3.36. The molecule has 8 heteroatoms. The van der Waals surface area contributed by atoms with E-state index >= 15 is 0 Å². The standard InChI is InChI=1S/C25H23BrClN3O3/c26-20-3-1-4-22(15-20)29-24(31)5-2-6-25(32)30-28-16-18-9-13-23(14-10-18)33-17-19-7-11-21(27)12-8-19/h1,3-4,7-16H,2,5-6,17H2,(H,29,31)(H,30,32)/b28-16-. The molecule has 6 nitrogen and oxygen atoms in total. The van der Waals surface area contributed by atoms with Gasteiger partial charge in [0.05, 0.1) is 6.21 Å². The van der Waals surface area contributed by atoms with Crippen molar-refractivity contribution in [2.75, 3.05) is 5.32 Å².